The first-order valence-corrected chi connectivity index (χ1v) is 6.43. The van der Waals surface area contributed by atoms with Gasteiger partial charge in [-0.05, 0) is 46.5 Å². The molecule has 1 rings (SSSR count). The van der Waals surface area contributed by atoms with E-state index in [4.69, 9.17) is 0 Å². The molecular weight excluding hydrogens is 200 g/mol. The van der Waals surface area contributed by atoms with Crippen molar-refractivity contribution in [2.24, 2.45) is 5.92 Å². The molecule has 3 nitrogen and oxygen atoms in total. The van der Waals surface area contributed by atoms with Crippen molar-refractivity contribution in [3.8, 4) is 0 Å². The maximum atomic E-state index is 11.6. The molecule has 1 saturated carbocycles. The molecule has 3 heteroatoms. The van der Waals surface area contributed by atoms with E-state index in [2.05, 4.69) is 17.6 Å². The first-order chi connectivity index (χ1) is 7.38. The summed E-state index contributed by atoms with van der Waals surface area (Å²) in [5.41, 5.74) is -0.130. The van der Waals surface area contributed by atoms with Gasteiger partial charge in [0, 0.05) is 11.6 Å². The Labute approximate surface area is 99.4 Å². The lowest BCUT2D eigenvalue weighted by atomic mass is 10.00. The lowest BCUT2D eigenvalue weighted by Crippen LogP contribution is -2.47. The van der Waals surface area contributed by atoms with E-state index in [1.807, 2.05) is 20.8 Å². The summed E-state index contributed by atoms with van der Waals surface area (Å²) in [6.45, 7) is 8.65. The summed E-state index contributed by atoms with van der Waals surface area (Å²) in [7, 11) is 0. The van der Waals surface area contributed by atoms with Gasteiger partial charge < -0.3 is 10.6 Å². The fourth-order valence-electron chi connectivity index (χ4n) is 2.34. The van der Waals surface area contributed by atoms with Crippen LogP contribution in [-0.4, -0.2) is 24.0 Å². The van der Waals surface area contributed by atoms with Crippen LogP contribution in [0.25, 0.3) is 0 Å². The summed E-state index contributed by atoms with van der Waals surface area (Å²) in [5, 5.41) is 6.30. The van der Waals surface area contributed by atoms with Crippen LogP contribution in [0.1, 0.15) is 53.4 Å². The standard InChI is InChI=1S/C13H26N2O/c1-10(11-7-5-6-8-11)14-9-12(16)15-13(2,3)4/h10-11,14H,5-9H2,1-4H3,(H,15,16)/t10-/m1/s1. The highest BCUT2D eigenvalue weighted by Crippen LogP contribution is 2.27. The molecule has 0 heterocycles. The first-order valence-electron chi connectivity index (χ1n) is 6.43. The van der Waals surface area contributed by atoms with Gasteiger partial charge in [-0.1, -0.05) is 12.8 Å². The van der Waals surface area contributed by atoms with Gasteiger partial charge >= 0.3 is 0 Å². The molecule has 0 unspecified atom stereocenters. The third kappa shape index (κ3) is 4.97. The smallest absolute Gasteiger partial charge is 0.234 e. The van der Waals surface area contributed by atoms with Crippen molar-refractivity contribution >= 4 is 5.91 Å². The van der Waals surface area contributed by atoms with Crippen molar-refractivity contribution in [3.63, 3.8) is 0 Å². The highest BCUT2D eigenvalue weighted by Gasteiger charge is 2.22. The average Bonchev–Trinajstić information content (AvgIpc) is 2.64. The third-order valence-electron chi connectivity index (χ3n) is 3.21. The normalized spacial score (nSPS) is 19.8. The molecule has 16 heavy (non-hydrogen) atoms. The van der Waals surface area contributed by atoms with Crippen molar-refractivity contribution in [1.82, 2.24) is 10.6 Å². The molecule has 0 aromatic rings. The largest absolute Gasteiger partial charge is 0.350 e. The predicted octanol–water partition coefficient (Wildman–Crippen LogP) is 2.07. The van der Waals surface area contributed by atoms with Gasteiger partial charge in [0.1, 0.15) is 0 Å². The lowest BCUT2D eigenvalue weighted by molar-refractivity contribution is -0.121. The van der Waals surface area contributed by atoms with E-state index in [9.17, 15) is 4.79 Å². The van der Waals surface area contributed by atoms with Crippen LogP contribution in [0.4, 0.5) is 0 Å². The highest BCUT2D eigenvalue weighted by atomic mass is 16.2. The predicted molar refractivity (Wildman–Crippen MR) is 67.3 cm³/mol. The van der Waals surface area contributed by atoms with Crippen molar-refractivity contribution in [2.75, 3.05) is 6.54 Å². The number of hydrogen-bond donors (Lipinski definition) is 2. The molecule has 0 aromatic carbocycles. The van der Waals surface area contributed by atoms with Crippen molar-refractivity contribution < 1.29 is 4.79 Å². The van der Waals surface area contributed by atoms with Gasteiger partial charge in [0.15, 0.2) is 0 Å². The quantitative estimate of drug-likeness (QED) is 0.770. The summed E-state index contributed by atoms with van der Waals surface area (Å²) in [6.07, 6.45) is 5.33. The zero-order valence-corrected chi connectivity index (χ0v) is 11.1. The molecule has 1 atom stereocenters. The van der Waals surface area contributed by atoms with E-state index in [1.165, 1.54) is 25.7 Å². The van der Waals surface area contributed by atoms with E-state index >= 15 is 0 Å². The monoisotopic (exact) mass is 226 g/mol. The molecule has 0 bridgehead atoms. The fraction of sp³-hybridized carbons (Fsp3) is 0.923. The number of rotatable bonds is 4. The number of amides is 1. The van der Waals surface area contributed by atoms with Crippen LogP contribution in [0.5, 0.6) is 0 Å². The van der Waals surface area contributed by atoms with Gasteiger partial charge in [-0.3, -0.25) is 4.79 Å². The Kier molecular flexibility index (Phi) is 4.78. The molecule has 0 radical (unpaired) electrons. The maximum Gasteiger partial charge on any atom is 0.234 e. The van der Waals surface area contributed by atoms with E-state index in [-0.39, 0.29) is 11.4 Å². The minimum atomic E-state index is -0.130. The molecular formula is C13H26N2O. The molecule has 1 fully saturated rings. The summed E-state index contributed by atoms with van der Waals surface area (Å²) >= 11 is 0. The molecule has 0 aromatic heterocycles. The Morgan fingerprint density at radius 2 is 1.88 bits per heavy atom. The molecule has 0 spiro atoms. The van der Waals surface area contributed by atoms with Crippen LogP contribution < -0.4 is 10.6 Å². The number of hydrogen-bond acceptors (Lipinski definition) is 2. The van der Waals surface area contributed by atoms with Gasteiger partial charge in [0.25, 0.3) is 0 Å². The second-order valence-electron chi connectivity index (χ2n) is 6.01. The Morgan fingerprint density at radius 3 is 2.38 bits per heavy atom. The molecule has 0 aliphatic heterocycles. The maximum absolute atomic E-state index is 11.6. The van der Waals surface area contributed by atoms with E-state index in [0.717, 1.165) is 5.92 Å². The Morgan fingerprint density at radius 1 is 1.31 bits per heavy atom. The zero-order valence-electron chi connectivity index (χ0n) is 11.1. The first kappa shape index (κ1) is 13.5. The minimum absolute atomic E-state index is 0.0948. The fourth-order valence-corrected chi connectivity index (χ4v) is 2.34. The molecule has 2 N–H and O–H groups in total. The number of nitrogens with one attached hydrogen (secondary N) is 2. The van der Waals surface area contributed by atoms with Gasteiger partial charge in [-0.15, -0.1) is 0 Å². The Balaban J connectivity index is 2.20. The Hall–Kier alpha value is -0.570. The van der Waals surface area contributed by atoms with Crippen LogP contribution in [0, 0.1) is 5.92 Å². The van der Waals surface area contributed by atoms with Gasteiger partial charge in [0.05, 0.1) is 6.54 Å². The molecule has 1 aliphatic carbocycles. The van der Waals surface area contributed by atoms with Crippen LogP contribution in [0.15, 0.2) is 0 Å². The van der Waals surface area contributed by atoms with Crippen LogP contribution in [0.3, 0.4) is 0 Å². The summed E-state index contributed by atoms with van der Waals surface area (Å²) in [5.74, 6) is 0.861. The zero-order chi connectivity index (χ0) is 12.2. The van der Waals surface area contributed by atoms with Gasteiger partial charge in [-0.2, -0.15) is 0 Å². The minimum Gasteiger partial charge on any atom is -0.350 e. The van der Waals surface area contributed by atoms with Crippen LogP contribution in [0.2, 0.25) is 0 Å². The molecule has 94 valence electrons. The van der Waals surface area contributed by atoms with E-state index in [1.54, 1.807) is 0 Å². The highest BCUT2D eigenvalue weighted by molar-refractivity contribution is 5.78. The van der Waals surface area contributed by atoms with Crippen molar-refractivity contribution in [2.45, 2.75) is 65.0 Å². The molecule has 0 saturated heterocycles. The van der Waals surface area contributed by atoms with Crippen LogP contribution in [-0.2, 0) is 4.79 Å². The molecule has 1 aliphatic rings. The van der Waals surface area contributed by atoms with Crippen LogP contribution >= 0.6 is 0 Å². The third-order valence-corrected chi connectivity index (χ3v) is 3.21. The number of carbonyl (C=O) groups is 1. The summed E-state index contributed by atoms with van der Waals surface area (Å²) < 4.78 is 0. The van der Waals surface area contributed by atoms with Gasteiger partial charge in [0.2, 0.25) is 5.91 Å². The topological polar surface area (TPSA) is 41.1 Å². The van der Waals surface area contributed by atoms with Crippen molar-refractivity contribution in [3.05, 3.63) is 0 Å². The van der Waals surface area contributed by atoms with Crippen molar-refractivity contribution in [1.29, 1.82) is 0 Å². The average molecular weight is 226 g/mol. The van der Waals surface area contributed by atoms with Gasteiger partial charge in [-0.25, -0.2) is 0 Å². The number of carbonyl (C=O) groups excluding carboxylic acids is 1. The second-order valence-corrected chi connectivity index (χ2v) is 6.01. The summed E-state index contributed by atoms with van der Waals surface area (Å²) in [4.78, 5) is 11.6. The van der Waals surface area contributed by atoms with E-state index < -0.39 is 0 Å². The van der Waals surface area contributed by atoms with E-state index in [0.29, 0.717) is 12.6 Å². The lowest BCUT2D eigenvalue weighted by Gasteiger charge is -2.23. The Bertz CT molecular complexity index is 227. The molecule has 1 amide bonds. The second kappa shape index (κ2) is 5.67. The SMILES string of the molecule is C[C@@H](NCC(=O)NC(C)(C)C)C1CCCC1. The summed E-state index contributed by atoms with van der Waals surface area (Å²) in [6, 6.07) is 0.466.